The number of rotatable bonds is 8. The highest BCUT2D eigenvalue weighted by Crippen LogP contribution is 2.33. The highest BCUT2D eigenvalue weighted by Gasteiger charge is 2.18. The highest BCUT2D eigenvalue weighted by molar-refractivity contribution is 7.80. The van der Waals surface area contributed by atoms with E-state index in [0.29, 0.717) is 59.7 Å². The number of morpholine rings is 1. The van der Waals surface area contributed by atoms with Crippen molar-refractivity contribution in [2.45, 2.75) is 13.0 Å². The Morgan fingerprint density at radius 1 is 1.11 bits per heavy atom. The molecule has 0 amide bonds. The lowest BCUT2D eigenvalue weighted by atomic mass is 10.1. The number of anilines is 1. The molecule has 2 N–H and O–H groups in total. The van der Waals surface area contributed by atoms with Crippen LogP contribution in [0.2, 0.25) is 0 Å². The summed E-state index contributed by atoms with van der Waals surface area (Å²) in [6.45, 7) is 6.40. The maximum absolute atomic E-state index is 13.1. The van der Waals surface area contributed by atoms with E-state index in [4.69, 9.17) is 31.2 Å². The molecule has 2 aliphatic rings. The number of ether oxygens (including phenoxy) is 4. The largest absolute Gasteiger partial charge is 0.495 e. The Kier molecular flexibility index (Phi) is 8.08. The molecule has 1 saturated heterocycles. The number of hydrogen-bond donors (Lipinski definition) is 2. The molecule has 3 aromatic rings. The number of aromatic nitrogens is 1. The van der Waals surface area contributed by atoms with Gasteiger partial charge in [0.25, 0.3) is 5.56 Å². The van der Waals surface area contributed by atoms with E-state index in [0.717, 1.165) is 50.3 Å². The Labute approximate surface area is 221 Å². The molecule has 2 aliphatic heterocycles. The Bertz CT molecular complexity index is 1310. The van der Waals surface area contributed by atoms with Crippen molar-refractivity contribution in [3.05, 3.63) is 58.4 Å². The molecule has 0 radical (unpaired) electrons. The number of para-hydroxylation sites is 2. The zero-order valence-electron chi connectivity index (χ0n) is 21.0. The molecule has 0 bridgehead atoms. The molecule has 0 atom stereocenters. The molecule has 37 heavy (non-hydrogen) atoms. The van der Waals surface area contributed by atoms with E-state index in [-0.39, 0.29) is 5.56 Å². The summed E-state index contributed by atoms with van der Waals surface area (Å²) in [6, 6.07) is 13.3. The summed E-state index contributed by atoms with van der Waals surface area (Å²) in [4.78, 5) is 20.5. The van der Waals surface area contributed by atoms with E-state index >= 15 is 0 Å². The van der Waals surface area contributed by atoms with Gasteiger partial charge in [-0.3, -0.25) is 9.69 Å². The smallest absolute Gasteiger partial charge is 0.253 e. The van der Waals surface area contributed by atoms with E-state index in [1.807, 2.05) is 47.4 Å². The lowest BCUT2D eigenvalue weighted by Crippen LogP contribution is -2.40. The van der Waals surface area contributed by atoms with Crippen LogP contribution in [0.4, 0.5) is 5.69 Å². The number of thiocarbonyl (C=S) groups is 1. The van der Waals surface area contributed by atoms with Gasteiger partial charge in [-0.2, -0.15) is 0 Å². The van der Waals surface area contributed by atoms with Gasteiger partial charge in [-0.05, 0) is 42.9 Å². The van der Waals surface area contributed by atoms with Gasteiger partial charge in [-0.1, -0.05) is 12.1 Å². The van der Waals surface area contributed by atoms with Crippen molar-refractivity contribution in [1.82, 2.24) is 14.8 Å². The Hall–Kier alpha value is -3.34. The van der Waals surface area contributed by atoms with Crippen LogP contribution < -0.4 is 25.1 Å². The number of benzene rings is 2. The van der Waals surface area contributed by atoms with E-state index in [9.17, 15) is 4.79 Å². The number of hydrogen-bond acceptors (Lipinski definition) is 7. The van der Waals surface area contributed by atoms with Crippen LogP contribution in [-0.2, 0) is 11.3 Å². The second-order valence-electron chi connectivity index (χ2n) is 9.07. The molecule has 3 heterocycles. The topological polar surface area (TPSA) is 88.3 Å². The molecule has 2 aromatic carbocycles. The minimum atomic E-state index is -0.151. The maximum Gasteiger partial charge on any atom is 0.253 e. The second-order valence-corrected chi connectivity index (χ2v) is 9.45. The standard InChI is InChI=1S/C27H32N4O5S/c1-33-23-6-3-2-5-21(23)29-27(37)31(8-4-7-30-9-11-34-12-10-30)18-20-15-19-16-24-25(36-14-13-35-24)17-22(19)28-26(20)32/h2-3,5-6,15-17H,4,7-14,18H2,1H3,(H,28,32)(H,29,37). The van der Waals surface area contributed by atoms with Gasteiger partial charge in [0.05, 0.1) is 38.1 Å². The molecule has 5 rings (SSSR count). The molecule has 196 valence electrons. The van der Waals surface area contributed by atoms with Crippen molar-refractivity contribution < 1.29 is 18.9 Å². The average Bonchev–Trinajstić information content (AvgIpc) is 2.92. The van der Waals surface area contributed by atoms with Gasteiger partial charge in [0, 0.05) is 43.2 Å². The fourth-order valence-electron chi connectivity index (χ4n) is 4.62. The first-order valence-electron chi connectivity index (χ1n) is 12.6. The van der Waals surface area contributed by atoms with Crippen LogP contribution in [0.5, 0.6) is 17.2 Å². The van der Waals surface area contributed by atoms with Crippen molar-refractivity contribution in [2.75, 3.05) is 65.0 Å². The van der Waals surface area contributed by atoms with Crippen LogP contribution >= 0.6 is 12.2 Å². The number of pyridine rings is 1. The first kappa shape index (κ1) is 25.3. The first-order valence-corrected chi connectivity index (χ1v) is 13.0. The van der Waals surface area contributed by atoms with Crippen LogP contribution in [0.1, 0.15) is 12.0 Å². The van der Waals surface area contributed by atoms with Gasteiger partial charge in [-0.25, -0.2) is 0 Å². The molecule has 1 fully saturated rings. The van der Waals surface area contributed by atoms with Gasteiger partial charge < -0.3 is 34.1 Å². The zero-order chi connectivity index (χ0) is 25.6. The van der Waals surface area contributed by atoms with Crippen LogP contribution in [-0.4, -0.2) is 79.6 Å². The Balaban J connectivity index is 1.37. The summed E-state index contributed by atoms with van der Waals surface area (Å²) in [5.74, 6) is 2.04. The van der Waals surface area contributed by atoms with Gasteiger partial charge in [0.15, 0.2) is 16.6 Å². The third-order valence-electron chi connectivity index (χ3n) is 6.59. The Morgan fingerprint density at radius 3 is 2.65 bits per heavy atom. The summed E-state index contributed by atoms with van der Waals surface area (Å²) in [7, 11) is 1.63. The van der Waals surface area contributed by atoms with Crippen LogP contribution in [0.25, 0.3) is 10.9 Å². The van der Waals surface area contributed by atoms with Crippen molar-refractivity contribution in [2.24, 2.45) is 0 Å². The maximum atomic E-state index is 13.1. The normalized spacial score (nSPS) is 15.4. The quantitative estimate of drug-likeness (QED) is 0.431. The van der Waals surface area contributed by atoms with Crippen molar-refractivity contribution in [3.63, 3.8) is 0 Å². The van der Waals surface area contributed by atoms with Crippen molar-refractivity contribution in [3.8, 4) is 17.2 Å². The summed E-state index contributed by atoms with van der Waals surface area (Å²) < 4.78 is 22.3. The predicted molar refractivity (Wildman–Crippen MR) is 147 cm³/mol. The summed E-state index contributed by atoms with van der Waals surface area (Å²) in [6.07, 6.45) is 0.901. The monoisotopic (exact) mass is 524 g/mol. The van der Waals surface area contributed by atoms with Crippen LogP contribution in [0, 0.1) is 0 Å². The third kappa shape index (κ3) is 6.15. The van der Waals surface area contributed by atoms with Crippen molar-refractivity contribution in [1.29, 1.82) is 0 Å². The summed E-state index contributed by atoms with van der Waals surface area (Å²) >= 11 is 5.83. The minimum Gasteiger partial charge on any atom is -0.495 e. The lowest BCUT2D eigenvalue weighted by Gasteiger charge is -2.29. The summed E-state index contributed by atoms with van der Waals surface area (Å²) in [5.41, 5.74) is 1.97. The van der Waals surface area contributed by atoms with E-state index in [1.54, 1.807) is 7.11 Å². The number of H-pyrrole nitrogens is 1. The Morgan fingerprint density at radius 2 is 1.86 bits per heavy atom. The van der Waals surface area contributed by atoms with Gasteiger partial charge in [0.2, 0.25) is 0 Å². The summed E-state index contributed by atoms with van der Waals surface area (Å²) in [5, 5.41) is 4.74. The van der Waals surface area contributed by atoms with Crippen LogP contribution in [0.15, 0.2) is 47.3 Å². The number of fused-ring (bicyclic) bond motifs is 2. The molecular weight excluding hydrogens is 492 g/mol. The average molecular weight is 525 g/mol. The number of nitrogens with one attached hydrogen (secondary N) is 2. The fraction of sp³-hybridized carbons (Fsp3) is 0.407. The second kappa shape index (κ2) is 11.8. The molecule has 0 saturated carbocycles. The van der Waals surface area contributed by atoms with Gasteiger partial charge >= 0.3 is 0 Å². The van der Waals surface area contributed by atoms with E-state index in [1.165, 1.54) is 0 Å². The third-order valence-corrected chi connectivity index (χ3v) is 6.95. The molecule has 1 aromatic heterocycles. The first-order chi connectivity index (χ1) is 18.1. The van der Waals surface area contributed by atoms with Crippen molar-refractivity contribution >= 4 is 33.9 Å². The van der Waals surface area contributed by atoms with E-state index < -0.39 is 0 Å². The fourth-order valence-corrected chi connectivity index (χ4v) is 4.88. The number of methoxy groups -OCH3 is 1. The molecule has 0 spiro atoms. The minimum absolute atomic E-state index is 0.151. The zero-order valence-corrected chi connectivity index (χ0v) is 21.8. The molecule has 0 aliphatic carbocycles. The molecule has 9 nitrogen and oxygen atoms in total. The SMILES string of the molecule is COc1ccccc1NC(=S)N(CCCN1CCOCC1)Cc1cc2cc3c(cc2[nH]c1=O)OCCO3. The molecule has 10 heteroatoms. The number of aromatic amines is 1. The highest BCUT2D eigenvalue weighted by atomic mass is 32.1. The van der Waals surface area contributed by atoms with Crippen LogP contribution in [0.3, 0.4) is 0 Å². The predicted octanol–water partition coefficient (Wildman–Crippen LogP) is 3.23. The number of nitrogens with zero attached hydrogens (tertiary/aromatic N) is 2. The van der Waals surface area contributed by atoms with Gasteiger partial charge in [0.1, 0.15) is 19.0 Å². The molecular formula is C27H32N4O5S. The van der Waals surface area contributed by atoms with Gasteiger partial charge in [-0.15, -0.1) is 0 Å². The lowest BCUT2D eigenvalue weighted by molar-refractivity contribution is 0.0367. The van der Waals surface area contributed by atoms with E-state index in [2.05, 4.69) is 15.2 Å². The molecule has 0 unspecified atom stereocenters.